The number of methoxy groups -OCH3 is 2. The summed E-state index contributed by atoms with van der Waals surface area (Å²) in [6.07, 6.45) is 0.540. The van der Waals surface area contributed by atoms with Crippen molar-refractivity contribution in [3.05, 3.63) is 112 Å². The molecule has 0 aromatic heterocycles. The van der Waals surface area contributed by atoms with Crippen LogP contribution in [0, 0.1) is 13.8 Å². The highest BCUT2D eigenvalue weighted by molar-refractivity contribution is 7.91. The second kappa shape index (κ2) is 11.7. The molecule has 0 saturated carbocycles. The third kappa shape index (κ3) is 5.47. The zero-order chi connectivity index (χ0) is 30.0. The molecule has 9 heteroatoms. The van der Waals surface area contributed by atoms with Crippen molar-refractivity contribution in [2.75, 3.05) is 25.7 Å². The van der Waals surface area contributed by atoms with Crippen LogP contribution in [0.25, 0.3) is 0 Å². The Morgan fingerprint density at radius 1 is 0.857 bits per heavy atom. The van der Waals surface area contributed by atoms with Gasteiger partial charge in [0.2, 0.25) is 9.84 Å². The second-order valence-corrected chi connectivity index (χ2v) is 12.1. The Balaban J connectivity index is 1.48. The molecule has 1 aliphatic rings. The molecule has 0 unspecified atom stereocenters. The summed E-state index contributed by atoms with van der Waals surface area (Å²) < 4.78 is 38.2. The van der Waals surface area contributed by atoms with Crippen molar-refractivity contribution in [3.63, 3.8) is 0 Å². The predicted octanol–water partition coefficient (Wildman–Crippen LogP) is 5.29. The number of rotatable bonds is 8. The smallest absolute Gasteiger partial charge is 0.259 e. The molecule has 4 aromatic carbocycles. The van der Waals surface area contributed by atoms with Crippen LogP contribution in [0.1, 0.15) is 43.0 Å². The minimum Gasteiger partial charge on any atom is -0.493 e. The highest BCUT2D eigenvalue weighted by atomic mass is 32.2. The molecule has 1 aliphatic heterocycles. The molecule has 0 bridgehead atoms. The molecule has 216 valence electrons. The molecule has 1 heterocycles. The number of aryl methyl sites for hydroxylation is 2. The standard InChI is InChI=1S/C33H32N2O6S/c1-21-9-10-22(2)25(17-21)20-35-27-19-24(32(36)34-16-15-23-11-13-28(40-3)29(18-23)41-4)12-14-31(27)42(38,39)30-8-6-5-7-26(30)33(35)37/h5-14,17-19H,15-16,20H2,1-4H3,(H,34,36). The Bertz CT molecular complexity index is 1800. The lowest BCUT2D eigenvalue weighted by Gasteiger charge is -2.24. The average Bonchev–Trinajstić information content (AvgIpc) is 3.06. The van der Waals surface area contributed by atoms with Gasteiger partial charge in [-0.1, -0.05) is 42.0 Å². The van der Waals surface area contributed by atoms with E-state index < -0.39 is 15.7 Å². The van der Waals surface area contributed by atoms with Gasteiger partial charge in [-0.05, 0) is 79.4 Å². The summed E-state index contributed by atoms with van der Waals surface area (Å²) in [6.45, 7) is 4.39. The molecule has 0 spiro atoms. The molecule has 0 fully saturated rings. The molecule has 0 radical (unpaired) electrons. The van der Waals surface area contributed by atoms with Crippen LogP contribution in [-0.2, 0) is 22.8 Å². The van der Waals surface area contributed by atoms with Crippen LogP contribution in [-0.4, -0.2) is 41.0 Å². The van der Waals surface area contributed by atoms with Gasteiger partial charge in [0.1, 0.15) is 0 Å². The number of amides is 2. The molecular formula is C33H32N2O6S. The number of nitrogens with zero attached hydrogens (tertiary/aromatic N) is 1. The van der Waals surface area contributed by atoms with Gasteiger partial charge in [0, 0.05) is 12.1 Å². The zero-order valence-electron chi connectivity index (χ0n) is 23.9. The fourth-order valence-electron chi connectivity index (χ4n) is 5.10. The highest BCUT2D eigenvalue weighted by Gasteiger charge is 2.36. The first-order chi connectivity index (χ1) is 20.1. The van der Waals surface area contributed by atoms with E-state index >= 15 is 0 Å². The number of fused-ring (bicyclic) bond motifs is 2. The average molecular weight is 585 g/mol. The largest absolute Gasteiger partial charge is 0.493 e. The van der Waals surface area contributed by atoms with Crippen LogP contribution < -0.4 is 19.7 Å². The third-order valence-electron chi connectivity index (χ3n) is 7.43. The van der Waals surface area contributed by atoms with E-state index in [2.05, 4.69) is 5.32 Å². The summed E-state index contributed by atoms with van der Waals surface area (Å²) in [5.41, 5.74) is 4.35. The summed E-state index contributed by atoms with van der Waals surface area (Å²) in [6, 6.07) is 22.1. The van der Waals surface area contributed by atoms with Crippen molar-refractivity contribution >= 4 is 27.3 Å². The Hall–Kier alpha value is -4.63. The number of hydrogen-bond donors (Lipinski definition) is 1. The number of benzene rings is 4. The van der Waals surface area contributed by atoms with Crippen molar-refractivity contribution in [1.82, 2.24) is 5.32 Å². The van der Waals surface area contributed by atoms with E-state index in [0.717, 1.165) is 22.3 Å². The van der Waals surface area contributed by atoms with Gasteiger partial charge in [-0.3, -0.25) is 9.59 Å². The molecule has 4 aromatic rings. The monoisotopic (exact) mass is 584 g/mol. The molecule has 5 rings (SSSR count). The fourth-order valence-corrected chi connectivity index (χ4v) is 6.74. The van der Waals surface area contributed by atoms with E-state index in [4.69, 9.17) is 9.47 Å². The minimum absolute atomic E-state index is 0.0204. The van der Waals surface area contributed by atoms with E-state index in [9.17, 15) is 18.0 Å². The maximum atomic E-state index is 13.9. The Kier molecular flexibility index (Phi) is 8.04. The van der Waals surface area contributed by atoms with E-state index in [-0.39, 0.29) is 39.1 Å². The summed E-state index contributed by atoms with van der Waals surface area (Å²) >= 11 is 0. The van der Waals surface area contributed by atoms with E-state index in [1.54, 1.807) is 26.4 Å². The number of anilines is 1. The molecular weight excluding hydrogens is 552 g/mol. The quantitative estimate of drug-likeness (QED) is 0.302. The Labute approximate surface area is 245 Å². The molecule has 1 N–H and O–H groups in total. The Morgan fingerprint density at radius 2 is 1.62 bits per heavy atom. The van der Waals surface area contributed by atoms with Crippen LogP contribution in [0.3, 0.4) is 0 Å². The van der Waals surface area contributed by atoms with Crippen molar-refractivity contribution in [1.29, 1.82) is 0 Å². The predicted molar refractivity (Wildman–Crippen MR) is 160 cm³/mol. The second-order valence-electron chi connectivity index (χ2n) is 10.2. The van der Waals surface area contributed by atoms with Gasteiger partial charge >= 0.3 is 0 Å². The van der Waals surface area contributed by atoms with Gasteiger partial charge in [0.05, 0.1) is 41.8 Å². The highest BCUT2D eigenvalue weighted by Crippen LogP contribution is 2.38. The van der Waals surface area contributed by atoms with Crippen LogP contribution >= 0.6 is 0 Å². The topological polar surface area (TPSA) is 102 Å². The first-order valence-electron chi connectivity index (χ1n) is 13.5. The number of ether oxygens (including phenoxy) is 2. The lowest BCUT2D eigenvalue weighted by molar-refractivity contribution is 0.0950. The van der Waals surface area contributed by atoms with Gasteiger partial charge in [0.15, 0.2) is 11.5 Å². The molecule has 0 saturated heterocycles. The molecule has 0 atom stereocenters. The van der Waals surface area contributed by atoms with Crippen molar-refractivity contribution in [3.8, 4) is 11.5 Å². The number of carbonyl (C=O) groups excluding carboxylic acids is 2. The van der Waals surface area contributed by atoms with E-state index in [1.807, 2.05) is 50.2 Å². The fraction of sp³-hybridized carbons (Fsp3) is 0.212. The SMILES string of the molecule is COc1ccc(CCNC(=O)c2ccc3c(c2)N(Cc2cc(C)ccc2C)C(=O)c2ccccc2S3(=O)=O)cc1OC. The van der Waals surface area contributed by atoms with Crippen molar-refractivity contribution in [2.24, 2.45) is 0 Å². The number of sulfone groups is 1. The zero-order valence-corrected chi connectivity index (χ0v) is 24.7. The summed E-state index contributed by atoms with van der Waals surface area (Å²) in [5, 5.41) is 2.90. The summed E-state index contributed by atoms with van der Waals surface area (Å²) in [4.78, 5) is 28.6. The number of carbonyl (C=O) groups is 2. The maximum Gasteiger partial charge on any atom is 0.259 e. The molecule has 42 heavy (non-hydrogen) atoms. The first-order valence-corrected chi connectivity index (χ1v) is 15.0. The minimum atomic E-state index is -4.04. The molecule has 2 amide bonds. The van der Waals surface area contributed by atoms with Crippen LogP contribution in [0.2, 0.25) is 0 Å². The number of nitrogens with one attached hydrogen (secondary N) is 1. The van der Waals surface area contributed by atoms with Crippen LogP contribution in [0.4, 0.5) is 5.69 Å². The van der Waals surface area contributed by atoms with Crippen LogP contribution in [0.5, 0.6) is 11.5 Å². The molecule has 8 nitrogen and oxygen atoms in total. The summed E-state index contributed by atoms with van der Waals surface area (Å²) in [5.74, 6) is 0.395. The molecule has 0 aliphatic carbocycles. The van der Waals surface area contributed by atoms with Crippen LogP contribution in [0.15, 0.2) is 88.7 Å². The normalized spacial score (nSPS) is 13.5. The van der Waals surface area contributed by atoms with E-state index in [1.165, 1.54) is 35.2 Å². The van der Waals surface area contributed by atoms with Crippen molar-refractivity contribution in [2.45, 2.75) is 36.6 Å². The van der Waals surface area contributed by atoms with E-state index in [0.29, 0.717) is 24.5 Å². The van der Waals surface area contributed by atoms with Gasteiger partial charge in [0.25, 0.3) is 11.8 Å². The third-order valence-corrected chi connectivity index (χ3v) is 9.29. The maximum absolute atomic E-state index is 13.9. The Morgan fingerprint density at radius 3 is 2.38 bits per heavy atom. The van der Waals surface area contributed by atoms with Gasteiger partial charge < -0.3 is 19.7 Å². The number of hydrogen-bond acceptors (Lipinski definition) is 6. The van der Waals surface area contributed by atoms with Gasteiger partial charge in [-0.15, -0.1) is 0 Å². The first kappa shape index (κ1) is 28.9. The van der Waals surface area contributed by atoms with Crippen molar-refractivity contribution < 1.29 is 27.5 Å². The lowest BCUT2D eigenvalue weighted by atomic mass is 10.0. The lowest BCUT2D eigenvalue weighted by Crippen LogP contribution is -2.31. The van der Waals surface area contributed by atoms with Gasteiger partial charge in [-0.25, -0.2) is 8.42 Å². The summed E-state index contributed by atoms with van der Waals surface area (Å²) in [7, 11) is -0.906. The van der Waals surface area contributed by atoms with Gasteiger partial charge in [-0.2, -0.15) is 0 Å².